The van der Waals surface area contributed by atoms with E-state index >= 15 is 0 Å². The third-order valence-corrected chi connectivity index (χ3v) is 11.8. The van der Waals surface area contributed by atoms with Gasteiger partial charge >= 0.3 is 0 Å². The van der Waals surface area contributed by atoms with Crippen LogP contribution in [0.3, 0.4) is 0 Å². The fourth-order valence-corrected chi connectivity index (χ4v) is 10.2. The number of hydrogen-bond acceptors (Lipinski definition) is 0. The Morgan fingerprint density at radius 2 is 1.26 bits per heavy atom. The van der Waals surface area contributed by atoms with Gasteiger partial charge in [0.15, 0.2) is 0 Å². The van der Waals surface area contributed by atoms with Gasteiger partial charge in [-0.05, 0) is 103 Å². The van der Waals surface area contributed by atoms with E-state index in [9.17, 15) is 0 Å². The van der Waals surface area contributed by atoms with Gasteiger partial charge in [-0.3, -0.25) is 0 Å². The fourth-order valence-electron chi connectivity index (χ4n) is 10.2. The van der Waals surface area contributed by atoms with Crippen LogP contribution in [-0.2, 0) is 6.42 Å². The van der Waals surface area contributed by atoms with Gasteiger partial charge in [0.05, 0.1) is 0 Å². The van der Waals surface area contributed by atoms with E-state index in [4.69, 9.17) is 0 Å². The second-order valence-electron chi connectivity index (χ2n) is 13.5. The molecule has 0 heterocycles. The van der Waals surface area contributed by atoms with E-state index in [2.05, 4.69) is 51.1 Å². The molecule has 0 N–H and O–H groups in total. The molecule has 1 aromatic carbocycles. The minimum absolute atomic E-state index is 0.995. The molecule has 0 nitrogen and oxygen atoms in total. The van der Waals surface area contributed by atoms with Crippen LogP contribution in [0.15, 0.2) is 30.3 Å². The maximum absolute atomic E-state index is 2.69. The molecule has 0 spiro atoms. The third kappa shape index (κ3) is 5.18. The van der Waals surface area contributed by atoms with Crippen LogP contribution in [0, 0.1) is 59.2 Å². The van der Waals surface area contributed by atoms with Crippen molar-refractivity contribution in [1.82, 2.24) is 0 Å². The molecule has 0 heteroatoms. The third-order valence-electron chi connectivity index (χ3n) is 11.8. The molecule has 0 amide bonds. The van der Waals surface area contributed by atoms with Crippen LogP contribution < -0.4 is 0 Å². The van der Waals surface area contributed by atoms with Crippen LogP contribution in [-0.4, -0.2) is 0 Å². The van der Waals surface area contributed by atoms with Gasteiger partial charge in [-0.1, -0.05) is 109 Å². The first-order valence-electron chi connectivity index (χ1n) is 15.7. The lowest BCUT2D eigenvalue weighted by molar-refractivity contribution is 0.0329. The van der Waals surface area contributed by atoms with Crippen LogP contribution >= 0.6 is 0 Å². The van der Waals surface area contributed by atoms with E-state index in [-0.39, 0.29) is 0 Å². The minimum Gasteiger partial charge on any atom is -0.0654 e. The fraction of sp³-hybridized carbons (Fsp3) is 0.824. The number of fused-ring (bicyclic) bond motifs is 4. The summed E-state index contributed by atoms with van der Waals surface area (Å²) < 4.78 is 0. The smallest absolute Gasteiger partial charge is 0.0276 e. The molecule has 4 aliphatic carbocycles. The highest BCUT2D eigenvalue weighted by molar-refractivity contribution is 5.15. The van der Waals surface area contributed by atoms with Crippen LogP contribution in [0.1, 0.15) is 116 Å². The Hall–Kier alpha value is -0.780. The van der Waals surface area contributed by atoms with Gasteiger partial charge in [0.1, 0.15) is 0 Å². The Morgan fingerprint density at radius 3 is 1.97 bits per heavy atom. The SMILES string of the molecule is CCCCCCCCCCC1C[C@H]2C[C@@H]1C(C1C(C)[C@H]3C[C@@H]1CC3CCc1ccccc1)C2C. The predicted octanol–water partition coefficient (Wildman–Crippen LogP) is 9.97. The molecular weight excluding hydrogens is 408 g/mol. The zero-order chi connectivity index (χ0) is 23.5. The van der Waals surface area contributed by atoms with Crippen molar-refractivity contribution < 1.29 is 0 Å². The summed E-state index contributed by atoms with van der Waals surface area (Å²) in [7, 11) is 0. The highest BCUT2D eigenvalue weighted by Gasteiger charge is 2.59. The van der Waals surface area contributed by atoms with Crippen molar-refractivity contribution in [3.05, 3.63) is 35.9 Å². The quantitative estimate of drug-likeness (QED) is 0.256. The number of rotatable bonds is 13. The second-order valence-corrected chi connectivity index (χ2v) is 13.5. The predicted molar refractivity (Wildman–Crippen MR) is 147 cm³/mol. The lowest BCUT2D eigenvalue weighted by Crippen LogP contribution is -2.39. The summed E-state index contributed by atoms with van der Waals surface area (Å²) in [6.45, 7) is 7.69. The zero-order valence-corrected chi connectivity index (χ0v) is 22.8. The van der Waals surface area contributed by atoms with E-state index in [0.717, 1.165) is 59.2 Å². The van der Waals surface area contributed by atoms with Crippen molar-refractivity contribution in [3.8, 4) is 0 Å². The number of aryl methyl sites for hydroxylation is 1. The molecule has 1 aromatic rings. The van der Waals surface area contributed by atoms with Gasteiger partial charge in [0, 0.05) is 0 Å². The van der Waals surface area contributed by atoms with Crippen molar-refractivity contribution in [1.29, 1.82) is 0 Å². The molecule has 0 aliphatic heterocycles. The Morgan fingerprint density at radius 1 is 0.618 bits per heavy atom. The summed E-state index contributed by atoms with van der Waals surface area (Å²) in [4.78, 5) is 0. The van der Waals surface area contributed by atoms with Crippen LogP contribution in [0.4, 0.5) is 0 Å². The van der Waals surface area contributed by atoms with Crippen molar-refractivity contribution in [2.24, 2.45) is 59.2 Å². The first-order valence-corrected chi connectivity index (χ1v) is 15.7. The molecule has 5 rings (SSSR count). The van der Waals surface area contributed by atoms with Crippen LogP contribution in [0.2, 0.25) is 0 Å². The van der Waals surface area contributed by atoms with Crippen molar-refractivity contribution >= 4 is 0 Å². The number of benzene rings is 1. The van der Waals surface area contributed by atoms with Gasteiger partial charge in [-0.25, -0.2) is 0 Å². The summed E-state index contributed by atoms with van der Waals surface area (Å²) in [6, 6.07) is 11.3. The van der Waals surface area contributed by atoms with Crippen LogP contribution in [0.5, 0.6) is 0 Å². The molecule has 4 saturated carbocycles. The number of hydrogen-bond donors (Lipinski definition) is 0. The molecule has 190 valence electrons. The van der Waals surface area contributed by atoms with Gasteiger partial charge in [-0.15, -0.1) is 0 Å². The molecule has 0 radical (unpaired) electrons. The largest absolute Gasteiger partial charge is 0.0654 e. The monoisotopic (exact) mass is 462 g/mol. The summed E-state index contributed by atoms with van der Waals surface area (Å²) in [5, 5.41) is 0. The summed E-state index contributed by atoms with van der Waals surface area (Å²) >= 11 is 0. The van der Waals surface area contributed by atoms with E-state index in [1.165, 1.54) is 64.2 Å². The van der Waals surface area contributed by atoms with Crippen molar-refractivity contribution in [2.75, 3.05) is 0 Å². The zero-order valence-electron chi connectivity index (χ0n) is 22.8. The molecule has 0 aromatic heterocycles. The van der Waals surface area contributed by atoms with Gasteiger partial charge < -0.3 is 0 Å². The van der Waals surface area contributed by atoms with Crippen molar-refractivity contribution in [2.45, 2.75) is 117 Å². The highest BCUT2D eigenvalue weighted by atomic mass is 14.6. The average molecular weight is 463 g/mol. The molecule has 4 aliphatic rings. The minimum atomic E-state index is 0.995. The van der Waals surface area contributed by atoms with Crippen LogP contribution in [0.25, 0.3) is 0 Å². The maximum atomic E-state index is 2.69. The molecule has 0 saturated heterocycles. The molecule has 6 unspecified atom stereocenters. The lowest BCUT2D eigenvalue weighted by Gasteiger charge is -2.45. The first-order chi connectivity index (χ1) is 16.7. The van der Waals surface area contributed by atoms with E-state index in [1.54, 1.807) is 37.7 Å². The summed E-state index contributed by atoms with van der Waals surface area (Å²) in [5.41, 5.74) is 1.56. The number of unbranched alkanes of at least 4 members (excludes halogenated alkanes) is 7. The van der Waals surface area contributed by atoms with E-state index in [1.807, 2.05) is 0 Å². The molecular formula is C34H54. The normalized spacial score (nSPS) is 40.4. The Kier molecular flexibility index (Phi) is 8.43. The summed E-state index contributed by atoms with van der Waals surface area (Å²) in [5.74, 6) is 10.6. The van der Waals surface area contributed by atoms with Crippen molar-refractivity contribution in [3.63, 3.8) is 0 Å². The second kappa shape index (κ2) is 11.5. The molecule has 4 fully saturated rings. The molecule has 4 bridgehead atoms. The van der Waals surface area contributed by atoms with E-state index in [0.29, 0.717) is 0 Å². The van der Waals surface area contributed by atoms with Gasteiger partial charge in [0.25, 0.3) is 0 Å². The Bertz CT molecular complexity index is 734. The lowest BCUT2D eigenvalue weighted by atomic mass is 9.60. The summed E-state index contributed by atoms with van der Waals surface area (Å²) in [6.07, 6.45) is 22.4. The van der Waals surface area contributed by atoms with Gasteiger partial charge in [0.2, 0.25) is 0 Å². The highest BCUT2D eigenvalue weighted by Crippen LogP contribution is 2.66. The first kappa shape index (κ1) is 24.9. The maximum Gasteiger partial charge on any atom is -0.0276 e. The van der Waals surface area contributed by atoms with E-state index < -0.39 is 0 Å². The average Bonchev–Trinajstić information content (AvgIpc) is 3.60. The Balaban J connectivity index is 1.10. The Labute approximate surface area is 212 Å². The topological polar surface area (TPSA) is 0 Å². The standard InChI is InChI=1S/C34H54/c1-4-5-6-7-8-9-10-14-17-27-20-29-22-32(27)34(24(29)2)33-25(3)31-23-30(33)21-28(31)19-18-26-15-12-11-13-16-26/h11-13,15-16,24-25,27-34H,4-10,14,17-23H2,1-3H3/t24?,25?,27?,28?,29-,30-,31+,32-,33?,34?/m0/s1. The molecule has 34 heavy (non-hydrogen) atoms. The van der Waals surface area contributed by atoms with Gasteiger partial charge in [-0.2, -0.15) is 0 Å². The molecule has 10 atom stereocenters.